The molecule has 0 spiro atoms. The highest BCUT2D eigenvalue weighted by Crippen LogP contribution is 2.22. The summed E-state index contributed by atoms with van der Waals surface area (Å²) in [6.45, 7) is 5.81. The smallest absolute Gasteiger partial charge is 0.335 e. The number of hydrogen-bond acceptors (Lipinski definition) is 4. The van der Waals surface area contributed by atoms with Crippen LogP contribution in [0.1, 0.15) is 51.9 Å². The van der Waals surface area contributed by atoms with E-state index >= 15 is 0 Å². The number of fused-ring (bicyclic) bond motifs is 1. The summed E-state index contributed by atoms with van der Waals surface area (Å²) >= 11 is 0. The van der Waals surface area contributed by atoms with Gasteiger partial charge in [0.05, 0.1) is 16.6 Å². The zero-order valence-electron chi connectivity index (χ0n) is 17.8. The van der Waals surface area contributed by atoms with Crippen molar-refractivity contribution in [1.29, 1.82) is 0 Å². The van der Waals surface area contributed by atoms with Crippen LogP contribution in [0.2, 0.25) is 0 Å². The maximum absolute atomic E-state index is 13.0. The summed E-state index contributed by atoms with van der Waals surface area (Å²) in [7, 11) is 0. The monoisotopic (exact) mass is 420 g/mol. The van der Waals surface area contributed by atoms with Gasteiger partial charge in [0.2, 0.25) is 0 Å². The molecule has 3 aromatic rings. The van der Waals surface area contributed by atoms with E-state index in [-0.39, 0.29) is 11.5 Å². The Balaban J connectivity index is 1.69. The number of amides is 1. The molecular weight excluding hydrogens is 392 g/mol. The minimum absolute atomic E-state index is 0.0528. The molecule has 7 heteroatoms. The van der Waals surface area contributed by atoms with Gasteiger partial charge in [-0.25, -0.2) is 9.78 Å². The maximum Gasteiger partial charge on any atom is 0.335 e. The van der Waals surface area contributed by atoms with Gasteiger partial charge in [0.1, 0.15) is 5.82 Å². The van der Waals surface area contributed by atoms with E-state index in [9.17, 15) is 9.59 Å². The highest BCUT2D eigenvalue weighted by molar-refractivity contribution is 5.97. The normalized spacial score (nSPS) is 14.2. The Morgan fingerprint density at radius 3 is 2.45 bits per heavy atom. The van der Waals surface area contributed by atoms with Gasteiger partial charge in [-0.05, 0) is 42.3 Å². The fourth-order valence-corrected chi connectivity index (χ4v) is 3.99. The summed E-state index contributed by atoms with van der Waals surface area (Å²) in [6, 6.07) is 12.7. The highest BCUT2D eigenvalue weighted by atomic mass is 16.4. The Labute approximate surface area is 181 Å². The van der Waals surface area contributed by atoms with E-state index in [2.05, 4.69) is 16.8 Å². The fourth-order valence-electron chi connectivity index (χ4n) is 3.99. The molecule has 0 bridgehead atoms. The van der Waals surface area contributed by atoms with Crippen molar-refractivity contribution in [3.8, 4) is 0 Å². The number of nitrogens with one attached hydrogen (secondary N) is 1. The molecule has 1 amide bonds. The minimum Gasteiger partial charge on any atom is -0.478 e. The van der Waals surface area contributed by atoms with Gasteiger partial charge in [-0.2, -0.15) is 0 Å². The Morgan fingerprint density at radius 1 is 1.06 bits per heavy atom. The molecule has 0 unspecified atom stereocenters. The molecule has 162 valence electrons. The molecule has 1 aliphatic heterocycles. The molecule has 0 atom stereocenters. The minimum atomic E-state index is -0.931. The topological polar surface area (TPSA) is 87.5 Å². The number of aromatic nitrogens is 2. The van der Waals surface area contributed by atoms with Gasteiger partial charge in [0, 0.05) is 44.7 Å². The maximum atomic E-state index is 13.0. The predicted molar refractivity (Wildman–Crippen MR) is 120 cm³/mol. The van der Waals surface area contributed by atoms with Gasteiger partial charge in [0.15, 0.2) is 0 Å². The zero-order chi connectivity index (χ0) is 21.8. The number of unbranched alkanes of at least 4 members (excludes halogenated alkanes) is 1. The number of nitrogens with zero attached hydrogens (tertiary/aromatic N) is 3. The SMILES string of the molecule is CCCCc1nc2ccc(C(=O)N3CCNCC3)cc2n1Cc1ccc(C(=O)O)cc1. The number of benzene rings is 2. The predicted octanol–water partition coefficient (Wildman–Crippen LogP) is 3.17. The first kappa shape index (κ1) is 21.1. The molecule has 1 aliphatic rings. The van der Waals surface area contributed by atoms with Crippen LogP contribution in [-0.2, 0) is 13.0 Å². The van der Waals surface area contributed by atoms with Crippen molar-refractivity contribution in [3.05, 3.63) is 65.0 Å². The van der Waals surface area contributed by atoms with E-state index in [1.54, 1.807) is 12.1 Å². The van der Waals surface area contributed by atoms with Crippen LogP contribution in [-0.4, -0.2) is 57.6 Å². The fraction of sp³-hybridized carbons (Fsp3) is 0.375. The number of piperazine rings is 1. The number of carboxylic acid groups (broad SMARTS) is 1. The third kappa shape index (κ3) is 4.61. The van der Waals surface area contributed by atoms with Gasteiger partial charge in [-0.3, -0.25) is 4.79 Å². The number of hydrogen-bond donors (Lipinski definition) is 2. The third-order valence-electron chi connectivity index (χ3n) is 5.77. The first-order chi connectivity index (χ1) is 15.1. The van der Waals surface area contributed by atoms with Crippen molar-refractivity contribution in [1.82, 2.24) is 19.8 Å². The number of aromatic carboxylic acids is 1. The molecule has 1 saturated heterocycles. The van der Waals surface area contributed by atoms with Gasteiger partial charge in [-0.1, -0.05) is 25.5 Å². The zero-order valence-corrected chi connectivity index (χ0v) is 17.8. The van der Waals surface area contributed by atoms with Crippen molar-refractivity contribution in [2.75, 3.05) is 26.2 Å². The van der Waals surface area contributed by atoms with Crippen LogP contribution in [0, 0.1) is 0 Å². The van der Waals surface area contributed by atoms with Gasteiger partial charge in [-0.15, -0.1) is 0 Å². The van der Waals surface area contributed by atoms with Gasteiger partial charge in [0.25, 0.3) is 5.91 Å². The van der Waals surface area contributed by atoms with Crippen LogP contribution in [0.3, 0.4) is 0 Å². The lowest BCUT2D eigenvalue weighted by Crippen LogP contribution is -2.46. The van der Waals surface area contributed by atoms with Crippen LogP contribution in [0.4, 0.5) is 0 Å². The van der Waals surface area contributed by atoms with E-state index in [0.717, 1.165) is 54.8 Å². The molecule has 4 rings (SSSR count). The van der Waals surface area contributed by atoms with Crippen LogP contribution in [0.5, 0.6) is 0 Å². The van der Waals surface area contributed by atoms with Crippen LogP contribution >= 0.6 is 0 Å². The van der Waals surface area contributed by atoms with Gasteiger partial charge >= 0.3 is 5.97 Å². The second-order valence-corrected chi connectivity index (χ2v) is 7.97. The molecule has 2 N–H and O–H groups in total. The number of rotatable bonds is 7. The van der Waals surface area contributed by atoms with E-state index in [0.29, 0.717) is 25.2 Å². The third-order valence-corrected chi connectivity index (χ3v) is 5.77. The Kier molecular flexibility index (Phi) is 6.32. The average Bonchev–Trinajstić information content (AvgIpc) is 3.14. The highest BCUT2D eigenvalue weighted by Gasteiger charge is 2.20. The molecule has 1 fully saturated rings. The lowest BCUT2D eigenvalue weighted by molar-refractivity contribution is 0.0695. The van der Waals surface area contributed by atoms with E-state index in [1.807, 2.05) is 35.2 Å². The number of carbonyl (C=O) groups excluding carboxylic acids is 1. The largest absolute Gasteiger partial charge is 0.478 e. The van der Waals surface area contributed by atoms with E-state index < -0.39 is 5.97 Å². The summed E-state index contributed by atoms with van der Waals surface area (Å²) < 4.78 is 2.16. The van der Waals surface area contributed by atoms with Crippen LogP contribution in [0.15, 0.2) is 42.5 Å². The first-order valence-corrected chi connectivity index (χ1v) is 10.9. The van der Waals surface area contributed by atoms with Crippen molar-refractivity contribution >= 4 is 22.9 Å². The Bertz CT molecular complexity index is 1080. The van der Waals surface area contributed by atoms with Crippen molar-refractivity contribution in [2.24, 2.45) is 0 Å². The number of aryl methyl sites for hydroxylation is 1. The number of carbonyl (C=O) groups is 2. The summed E-state index contributed by atoms with van der Waals surface area (Å²) in [5.74, 6) is 0.113. The molecule has 2 heterocycles. The molecule has 0 aliphatic carbocycles. The Morgan fingerprint density at radius 2 is 1.77 bits per heavy atom. The van der Waals surface area contributed by atoms with E-state index in [1.165, 1.54) is 0 Å². The van der Waals surface area contributed by atoms with Crippen molar-refractivity contribution in [2.45, 2.75) is 32.7 Å². The molecule has 7 nitrogen and oxygen atoms in total. The summed E-state index contributed by atoms with van der Waals surface area (Å²) in [4.78, 5) is 30.9. The average molecular weight is 421 g/mol. The quantitative estimate of drug-likeness (QED) is 0.613. The summed E-state index contributed by atoms with van der Waals surface area (Å²) in [6.07, 6.45) is 2.97. The molecule has 31 heavy (non-hydrogen) atoms. The second kappa shape index (κ2) is 9.31. The number of imidazole rings is 1. The molecule has 2 aromatic carbocycles. The molecule has 0 saturated carbocycles. The summed E-state index contributed by atoms with van der Waals surface area (Å²) in [5.41, 5.74) is 3.77. The molecule has 1 aromatic heterocycles. The first-order valence-electron chi connectivity index (χ1n) is 10.9. The molecule has 0 radical (unpaired) electrons. The van der Waals surface area contributed by atoms with E-state index in [4.69, 9.17) is 10.1 Å². The standard InChI is InChI=1S/C24H28N4O3/c1-2-3-4-22-26-20-10-9-19(23(29)27-13-11-25-12-14-27)15-21(20)28(22)16-17-5-7-18(8-6-17)24(30)31/h5-10,15,25H,2-4,11-14,16H2,1H3,(H,30,31). The second-order valence-electron chi connectivity index (χ2n) is 7.97. The van der Waals surface area contributed by atoms with Crippen LogP contribution in [0.25, 0.3) is 11.0 Å². The van der Waals surface area contributed by atoms with Crippen LogP contribution < -0.4 is 5.32 Å². The van der Waals surface area contributed by atoms with Gasteiger partial charge < -0.3 is 19.9 Å². The Hall–Kier alpha value is -3.19. The summed E-state index contributed by atoms with van der Waals surface area (Å²) in [5, 5.41) is 12.4. The number of carboxylic acids is 1. The molecular formula is C24H28N4O3. The lowest BCUT2D eigenvalue weighted by atomic mass is 10.1. The lowest BCUT2D eigenvalue weighted by Gasteiger charge is -2.27. The van der Waals surface area contributed by atoms with Crippen molar-refractivity contribution < 1.29 is 14.7 Å². The van der Waals surface area contributed by atoms with Crippen molar-refractivity contribution in [3.63, 3.8) is 0 Å².